The zero-order chi connectivity index (χ0) is 20.6. The summed E-state index contributed by atoms with van der Waals surface area (Å²) in [6, 6.07) is 17.4. The third-order valence-corrected chi connectivity index (χ3v) is 6.28. The predicted molar refractivity (Wildman–Crippen MR) is 111 cm³/mol. The number of rotatable bonds is 4. The highest BCUT2D eigenvalue weighted by Crippen LogP contribution is 2.29. The Labute approximate surface area is 168 Å². The van der Waals surface area contributed by atoms with Crippen molar-refractivity contribution in [3.63, 3.8) is 0 Å². The highest BCUT2D eigenvalue weighted by Gasteiger charge is 2.21. The molecule has 4 rings (SSSR count). The minimum absolute atomic E-state index is 0.193. The van der Waals surface area contributed by atoms with Gasteiger partial charge in [0.2, 0.25) is 0 Å². The number of fused-ring (bicyclic) bond motifs is 1. The molecular weight excluding hydrogens is 384 g/mol. The van der Waals surface area contributed by atoms with Crippen molar-refractivity contribution in [2.24, 2.45) is 0 Å². The molecule has 3 aromatic heterocycles. The molecule has 0 saturated heterocycles. The van der Waals surface area contributed by atoms with Gasteiger partial charge in [-0.3, -0.25) is 0 Å². The molecule has 0 unspecified atom stereocenters. The number of nitriles is 1. The van der Waals surface area contributed by atoms with Crippen LogP contribution in [0, 0.1) is 18.3 Å². The van der Waals surface area contributed by atoms with Crippen LogP contribution >= 0.6 is 0 Å². The van der Waals surface area contributed by atoms with Gasteiger partial charge in [-0.2, -0.15) is 5.26 Å². The molecule has 4 aromatic rings. The Morgan fingerprint density at radius 1 is 1.10 bits per heavy atom. The third-order valence-electron chi connectivity index (χ3n) is 4.60. The van der Waals surface area contributed by atoms with Crippen molar-refractivity contribution >= 4 is 26.6 Å². The van der Waals surface area contributed by atoms with E-state index in [1.165, 1.54) is 10.2 Å². The standard InChI is InChI=1S/C22H16N4O2S/c1-15-6-8-17(9-7-15)29(27,28)26-13-11-19-18(10-12-24-22(19)26)21-5-3-4-20(25-21)16(2)14-23/h3-13H,2H2,1H3. The van der Waals surface area contributed by atoms with E-state index in [4.69, 9.17) is 5.26 Å². The monoisotopic (exact) mass is 400 g/mol. The largest absolute Gasteiger partial charge is 0.269 e. The van der Waals surface area contributed by atoms with Crippen molar-refractivity contribution in [3.8, 4) is 17.3 Å². The molecule has 0 aliphatic carbocycles. The van der Waals surface area contributed by atoms with Crippen molar-refractivity contribution in [3.05, 3.63) is 84.8 Å². The SMILES string of the molecule is C=C(C#N)c1cccc(-c2ccnc3c2ccn3S(=O)(=O)c2ccc(C)cc2)n1. The van der Waals surface area contributed by atoms with Crippen LogP contribution in [0.25, 0.3) is 27.9 Å². The second-order valence-electron chi connectivity index (χ2n) is 6.52. The first kappa shape index (κ1) is 18.6. The van der Waals surface area contributed by atoms with Gasteiger partial charge in [0.1, 0.15) is 6.07 Å². The van der Waals surface area contributed by atoms with Gasteiger partial charge in [-0.1, -0.05) is 30.3 Å². The van der Waals surface area contributed by atoms with E-state index in [9.17, 15) is 8.42 Å². The molecule has 0 atom stereocenters. The van der Waals surface area contributed by atoms with Crippen molar-refractivity contribution in [1.29, 1.82) is 5.26 Å². The van der Waals surface area contributed by atoms with Crippen molar-refractivity contribution in [1.82, 2.24) is 13.9 Å². The Balaban J connectivity index is 1.88. The highest BCUT2D eigenvalue weighted by atomic mass is 32.2. The van der Waals surface area contributed by atoms with Gasteiger partial charge in [0.15, 0.2) is 5.65 Å². The second kappa shape index (κ2) is 7.00. The molecule has 0 amide bonds. The number of aryl methyl sites for hydroxylation is 1. The zero-order valence-electron chi connectivity index (χ0n) is 15.6. The van der Waals surface area contributed by atoms with E-state index in [1.54, 1.807) is 60.8 Å². The number of nitrogens with zero attached hydrogens (tertiary/aromatic N) is 4. The maximum Gasteiger partial charge on any atom is 0.269 e. The molecule has 0 spiro atoms. The minimum atomic E-state index is -3.79. The van der Waals surface area contributed by atoms with Crippen LogP contribution in [0.3, 0.4) is 0 Å². The average molecular weight is 400 g/mol. The third kappa shape index (κ3) is 3.20. The zero-order valence-corrected chi connectivity index (χ0v) is 16.4. The van der Waals surface area contributed by atoms with Crippen molar-refractivity contribution < 1.29 is 8.42 Å². The van der Waals surface area contributed by atoms with E-state index in [0.29, 0.717) is 22.4 Å². The lowest BCUT2D eigenvalue weighted by Crippen LogP contribution is -2.12. The topological polar surface area (TPSA) is 88.6 Å². The molecule has 6 nitrogen and oxygen atoms in total. The fourth-order valence-electron chi connectivity index (χ4n) is 3.07. The summed E-state index contributed by atoms with van der Waals surface area (Å²) in [6.07, 6.45) is 3.04. The molecule has 29 heavy (non-hydrogen) atoms. The van der Waals surface area contributed by atoms with Crippen LogP contribution in [0.15, 0.2) is 78.5 Å². The van der Waals surface area contributed by atoms with Crippen LogP contribution in [-0.4, -0.2) is 22.4 Å². The van der Waals surface area contributed by atoms with Gasteiger partial charge in [-0.25, -0.2) is 22.4 Å². The number of aromatic nitrogens is 3. The summed E-state index contributed by atoms with van der Waals surface area (Å²) in [5, 5.41) is 9.72. The van der Waals surface area contributed by atoms with Gasteiger partial charge < -0.3 is 0 Å². The summed E-state index contributed by atoms with van der Waals surface area (Å²) in [4.78, 5) is 8.98. The quantitative estimate of drug-likeness (QED) is 0.480. The maximum atomic E-state index is 13.1. The molecule has 142 valence electrons. The van der Waals surface area contributed by atoms with Crippen LogP contribution in [0.2, 0.25) is 0 Å². The molecule has 3 heterocycles. The fourth-order valence-corrected chi connectivity index (χ4v) is 4.37. The second-order valence-corrected chi connectivity index (χ2v) is 8.34. The van der Waals surface area contributed by atoms with Crippen molar-refractivity contribution in [2.75, 3.05) is 0 Å². The fraction of sp³-hybridized carbons (Fsp3) is 0.0455. The van der Waals surface area contributed by atoms with Gasteiger partial charge in [-0.15, -0.1) is 0 Å². The molecule has 0 fully saturated rings. The molecule has 0 aliphatic rings. The van der Waals surface area contributed by atoms with Gasteiger partial charge in [0.25, 0.3) is 10.0 Å². The Bertz CT molecular complexity index is 1400. The lowest BCUT2D eigenvalue weighted by molar-refractivity contribution is 0.588. The molecule has 0 aliphatic heterocycles. The van der Waals surface area contributed by atoms with E-state index in [0.717, 1.165) is 11.1 Å². The first-order valence-corrected chi connectivity index (χ1v) is 10.2. The Morgan fingerprint density at radius 2 is 1.86 bits per heavy atom. The van der Waals surface area contributed by atoms with E-state index in [2.05, 4.69) is 16.5 Å². The van der Waals surface area contributed by atoms with Gasteiger partial charge >= 0.3 is 0 Å². The number of hydrogen-bond acceptors (Lipinski definition) is 5. The summed E-state index contributed by atoms with van der Waals surface area (Å²) >= 11 is 0. The Hall–Kier alpha value is -3.76. The van der Waals surface area contributed by atoms with Gasteiger partial charge in [0.05, 0.1) is 21.9 Å². The average Bonchev–Trinajstić information content (AvgIpc) is 3.18. The molecule has 7 heteroatoms. The summed E-state index contributed by atoms with van der Waals surface area (Å²) in [5.41, 5.74) is 3.36. The number of pyridine rings is 2. The number of allylic oxidation sites excluding steroid dienone is 1. The Kier molecular flexibility index (Phi) is 4.49. The van der Waals surface area contributed by atoms with E-state index in [1.807, 2.05) is 13.0 Å². The molecule has 0 bridgehead atoms. The molecule has 1 aromatic carbocycles. The summed E-state index contributed by atoms with van der Waals surface area (Å²) in [7, 11) is -3.79. The van der Waals surface area contributed by atoms with Crippen LogP contribution in [0.5, 0.6) is 0 Å². The summed E-state index contributed by atoms with van der Waals surface area (Å²) < 4.78 is 27.4. The van der Waals surface area contributed by atoms with E-state index in [-0.39, 0.29) is 10.5 Å². The van der Waals surface area contributed by atoms with Gasteiger partial charge in [0, 0.05) is 23.3 Å². The molecule has 0 saturated carbocycles. The lowest BCUT2D eigenvalue weighted by Gasteiger charge is -2.09. The normalized spacial score (nSPS) is 11.3. The first-order valence-electron chi connectivity index (χ1n) is 8.77. The smallest absolute Gasteiger partial charge is 0.247 e. The lowest BCUT2D eigenvalue weighted by atomic mass is 10.1. The van der Waals surface area contributed by atoms with Crippen molar-refractivity contribution in [2.45, 2.75) is 11.8 Å². The van der Waals surface area contributed by atoms with E-state index < -0.39 is 10.0 Å². The van der Waals surface area contributed by atoms with Crippen LogP contribution in [0.4, 0.5) is 0 Å². The van der Waals surface area contributed by atoms with Gasteiger partial charge in [-0.05, 0) is 43.3 Å². The van der Waals surface area contributed by atoms with E-state index >= 15 is 0 Å². The number of hydrogen-bond donors (Lipinski definition) is 0. The molecule has 0 N–H and O–H groups in total. The van der Waals surface area contributed by atoms with Crippen LogP contribution in [-0.2, 0) is 10.0 Å². The molecule has 0 radical (unpaired) electrons. The summed E-state index contributed by atoms with van der Waals surface area (Å²) in [6.45, 7) is 5.60. The Morgan fingerprint density at radius 3 is 2.59 bits per heavy atom. The van der Waals surface area contributed by atoms with Crippen LogP contribution in [0.1, 0.15) is 11.3 Å². The minimum Gasteiger partial charge on any atom is -0.247 e. The predicted octanol–water partition coefficient (Wildman–Crippen LogP) is 4.18. The maximum absolute atomic E-state index is 13.1. The highest BCUT2D eigenvalue weighted by molar-refractivity contribution is 7.90. The number of benzene rings is 1. The first-order chi connectivity index (χ1) is 13.9. The van der Waals surface area contributed by atoms with Crippen LogP contribution < -0.4 is 0 Å². The molecular formula is C22H16N4O2S. The summed E-state index contributed by atoms with van der Waals surface area (Å²) in [5.74, 6) is 0.